The molecule has 0 radical (unpaired) electrons. The minimum atomic E-state index is 0.840. The lowest BCUT2D eigenvalue weighted by Gasteiger charge is -1.97. The minimum Gasteiger partial charge on any atom is -0.497 e. The van der Waals surface area contributed by atoms with E-state index in [1.807, 2.05) is 24.3 Å². The number of benzene rings is 1. The summed E-state index contributed by atoms with van der Waals surface area (Å²) in [4.78, 5) is 0.927. The Balaban J connectivity index is 2.54. The molecule has 1 aromatic carbocycles. The molecule has 1 heterocycles. The molecule has 0 unspecified atom stereocenters. The summed E-state index contributed by atoms with van der Waals surface area (Å²) in [6.45, 7) is 0. The second-order valence-corrected chi connectivity index (χ2v) is 3.91. The Morgan fingerprint density at radius 2 is 2.29 bits per heavy atom. The van der Waals surface area contributed by atoms with Gasteiger partial charge in [0.05, 0.1) is 13.3 Å². The molecule has 72 valence electrons. The van der Waals surface area contributed by atoms with Gasteiger partial charge in [0.15, 0.2) is 0 Å². The standard InChI is InChI=1S/C10H9NO2S/c1-13-8-3-2-7-4-9(6-11-12)14-10(7)5-8/h2-6,12H,1H3. The fourth-order valence-electron chi connectivity index (χ4n) is 1.28. The average Bonchev–Trinajstić information content (AvgIpc) is 2.59. The molecule has 0 amide bonds. The molecule has 0 atom stereocenters. The van der Waals surface area contributed by atoms with Crippen molar-refractivity contribution in [2.75, 3.05) is 7.11 Å². The highest BCUT2D eigenvalue weighted by atomic mass is 32.1. The molecular formula is C10H9NO2S. The van der Waals surface area contributed by atoms with Crippen molar-refractivity contribution in [2.45, 2.75) is 0 Å². The molecule has 14 heavy (non-hydrogen) atoms. The lowest BCUT2D eigenvalue weighted by atomic mass is 10.2. The largest absolute Gasteiger partial charge is 0.497 e. The zero-order valence-corrected chi connectivity index (χ0v) is 8.41. The summed E-state index contributed by atoms with van der Waals surface area (Å²) in [5, 5.41) is 12.5. The van der Waals surface area contributed by atoms with Crippen LogP contribution in [0.25, 0.3) is 10.1 Å². The first-order chi connectivity index (χ1) is 6.83. The maximum atomic E-state index is 8.40. The van der Waals surface area contributed by atoms with Crippen molar-refractivity contribution in [3.63, 3.8) is 0 Å². The normalized spacial score (nSPS) is 11.2. The molecule has 4 heteroatoms. The Morgan fingerprint density at radius 1 is 1.43 bits per heavy atom. The molecule has 2 rings (SSSR count). The van der Waals surface area contributed by atoms with Gasteiger partial charge in [0.1, 0.15) is 5.75 Å². The SMILES string of the molecule is COc1ccc2cc(C=NO)sc2c1. The van der Waals surface area contributed by atoms with Crippen LogP contribution in [-0.2, 0) is 0 Å². The highest BCUT2D eigenvalue weighted by Crippen LogP contribution is 2.28. The summed E-state index contributed by atoms with van der Waals surface area (Å²) in [5.74, 6) is 0.840. The molecular weight excluding hydrogens is 198 g/mol. The van der Waals surface area contributed by atoms with Crippen LogP contribution in [0, 0.1) is 0 Å². The van der Waals surface area contributed by atoms with Crippen LogP contribution in [0.1, 0.15) is 4.88 Å². The van der Waals surface area contributed by atoms with Crippen LogP contribution in [0.4, 0.5) is 0 Å². The Bertz CT molecular complexity index is 476. The summed E-state index contributed by atoms with van der Waals surface area (Å²) in [5.41, 5.74) is 0. The number of fused-ring (bicyclic) bond motifs is 1. The van der Waals surface area contributed by atoms with Crippen LogP contribution < -0.4 is 4.74 Å². The monoisotopic (exact) mass is 207 g/mol. The van der Waals surface area contributed by atoms with Gasteiger partial charge < -0.3 is 9.94 Å². The summed E-state index contributed by atoms with van der Waals surface area (Å²) < 4.78 is 6.24. The Labute approximate surface area is 85.2 Å². The number of rotatable bonds is 2. The topological polar surface area (TPSA) is 41.8 Å². The number of nitrogens with zero attached hydrogens (tertiary/aromatic N) is 1. The van der Waals surface area contributed by atoms with Gasteiger partial charge in [-0.3, -0.25) is 0 Å². The maximum absolute atomic E-state index is 8.40. The molecule has 0 aliphatic rings. The van der Waals surface area contributed by atoms with Gasteiger partial charge in [-0.15, -0.1) is 11.3 Å². The highest BCUT2D eigenvalue weighted by molar-refractivity contribution is 7.20. The van der Waals surface area contributed by atoms with Gasteiger partial charge in [-0.05, 0) is 29.7 Å². The molecule has 3 nitrogen and oxygen atoms in total. The number of methoxy groups -OCH3 is 1. The van der Waals surface area contributed by atoms with E-state index in [1.165, 1.54) is 6.21 Å². The Kier molecular flexibility index (Phi) is 2.37. The second-order valence-electron chi connectivity index (χ2n) is 2.80. The van der Waals surface area contributed by atoms with E-state index in [4.69, 9.17) is 9.94 Å². The van der Waals surface area contributed by atoms with Crippen molar-refractivity contribution >= 4 is 27.6 Å². The smallest absolute Gasteiger partial charge is 0.120 e. The number of thiophene rings is 1. The van der Waals surface area contributed by atoms with Crippen LogP contribution in [0.5, 0.6) is 5.75 Å². The Morgan fingerprint density at radius 3 is 3.00 bits per heavy atom. The molecule has 0 fully saturated rings. The third kappa shape index (κ3) is 1.56. The quantitative estimate of drug-likeness (QED) is 0.467. The highest BCUT2D eigenvalue weighted by Gasteiger charge is 2.01. The summed E-state index contributed by atoms with van der Waals surface area (Å²) in [6.07, 6.45) is 1.43. The number of hydrogen-bond donors (Lipinski definition) is 1. The van der Waals surface area contributed by atoms with Gasteiger partial charge in [-0.2, -0.15) is 0 Å². The molecule has 1 N–H and O–H groups in total. The van der Waals surface area contributed by atoms with Gasteiger partial charge in [0, 0.05) is 9.58 Å². The summed E-state index contributed by atoms with van der Waals surface area (Å²) in [6, 6.07) is 7.84. The molecule has 0 aliphatic carbocycles. The van der Waals surface area contributed by atoms with Crippen LogP contribution >= 0.6 is 11.3 Å². The first kappa shape index (κ1) is 9.02. The lowest BCUT2D eigenvalue weighted by Crippen LogP contribution is -1.79. The van der Waals surface area contributed by atoms with E-state index in [-0.39, 0.29) is 0 Å². The summed E-state index contributed by atoms with van der Waals surface area (Å²) in [7, 11) is 1.64. The summed E-state index contributed by atoms with van der Waals surface area (Å²) >= 11 is 1.56. The zero-order chi connectivity index (χ0) is 9.97. The van der Waals surface area contributed by atoms with E-state index >= 15 is 0 Å². The maximum Gasteiger partial charge on any atom is 0.120 e. The van der Waals surface area contributed by atoms with Crippen LogP contribution in [0.2, 0.25) is 0 Å². The number of ether oxygens (including phenoxy) is 1. The average molecular weight is 207 g/mol. The van der Waals surface area contributed by atoms with E-state index in [9.17, 15) is 0 Å². The van der Waals surface area contributed by atoms with Gasteiger partial charge in [0.2, 0.25) is 0 Å². The van der Waals surface area contributed by atoms with Crippen molar-refractivity contribution in [1.82, 2.24) is 0 Å². The van der Waals surface area contributed by atoms with Gasteiger partial charge in [-0.1, -0.05) is 5.16 Å². The van der Waals surface area contributed by atoms with E-state index < -0.39 is 0 Å². The molecule has 0 saturated carbocycles. The van der Waals surface area contributed by atoms with E-state index in [0.29, 0.717) is 0 Å². The lowest BCUT2D eigenvalue weighted by molar-refractivity contribution is 0.322. The molecule has 1 aromatic heterocycles. The van der Waals surface area contributed by atoms with Gasteiger partial charge in [-0.25, -0.2) is 0 Å². The first-order valence-electron chi connectivity index (χ1n) is 4.08. The number of hydrogen-bond acceptors (Lipinski definition) is 4. The molecule has 0 saturated heterocycles. The van der Waals surface area contributed by atoms with Crippen molar-refractivity contribution in [3.05, 3.63) is 29.1 Å². The molecule has 0 aliphatic heterocycles. The van der Waals surface area contributed by atoms with Crippen molar-refractivity contribution in [2.24, 2.45) is 5.16 Å². The van der Waals surface area contributed by atoms with E-state index in [2.05, 4.69) is 5.16 Å². The predicted octanol–water partition coefficient (Wildman–Crippen LogP) is 2.72. The van der Waals surface area contributed by atoms with Crippen molar-refractivity contribution < 1.29 is 9.94 Å². The van der Waals surface area contributed by atoms with Gasteiger partial charge >= 0.3 is 0 Å². The molecule has 0 spiro atoms. The van der Waals surface area contributed by atoms with Crippen LogP contribution in [-0.4, -0.2) is 18.5 Å². The van der Waals surface area contributed by atoms with Crippen LogP contribution in [0.15, 0.2) is 29.4 Å². The minimum absolute atomic E-state index is 0.840. The van der Waals surface area contributed by atoms with E-state index in [1.54, 1.807) is 18.4 Å². The van der Waals surface area contributed by atoms with Crippen molar-refractivity contribution in [1.29, 1.82) is 0 Å². The second kappa shape index (κ2) is 3.67. The third-order valence-corrected chi connectivity index (χ3v) is 2.96. The number of oxime groups is 1. The molecule has 0 bridgehead atoms. The Hall–Kier alpha value is -1.55. The van der Waals surface area contributed by atoms with E-state index in [0.717, 1.165) is 20.7 Å². The third-order valence-electron chi connectivity index (χ3n) is 1.93. The zero-order valence-electron chi connectivity index (χ0n) is 7.60. The van der Waals surface area contributed by atoms with Gasteiger partial charge in [0.25, 0.3) is 0 Å². The molecule has 2 aromatic rings. The first-order valence-corrected chi connectivity index (χ1v) is 4.90. The predicted molar refractivity (Wildman–Crippen MR) is 57.8 cm³/mol. The fourth-order valence-corrected chi connectivity index (χ4v) is 2.24. The fraction of sp³-hybridized carbons (Fsp3) is 0.100. The van der Waals surface area contributed by atoms with Crippen molar-refractivity contribution in [3.8, 4) is 5.75 Å². The van der Waals surface area contributed by atoms with Crippen LogP contribution in [0.3, 0.4) is 0 Å².